The van der Waals surface area contributed by atoms with Crippen LogP contribution in [0.2, 0.25) is 0 Å². The molecule has 0 aromatic heterocycles. The summed E-state index contributed by atoms with van der Waals surface area (Å²) >= 11 is 3.27. The number of hydrogen-bond acceptors (Lipinski definition) is 2. The molecule has 0 aliphatic carbocycles. The molecule has 21 heavy (non-hydrogen) atoms. The minimum Gasteiger partial charge on any atom is -0.489 e. The van der Waals surface area contributed by atoms with Crippen LogP contribution in [0.3, 0.4) is 0 Å². The number of nitrogen functional groups attached to an aromatic ring is 1. The van der Waals surface area contributed by atoms with Crippen LogP contribution < -0.4 is 10.5 Å². The highest BCUT2D eigenvalue weighted by Crippen LogP contribution is 2.34. The van der Waals surface area contributed by atoms with Gasteiger partial charge in [-0.2, -0.15) is 13.2 Å². The molecule has 0 spiro atoms. The lowest BCUT2D eigenvalue weighted by molar-refractivity contribution is -0.140. The Morgan fingerprint density at radius 3 is 2.52 bits per heavy atom. The van der Waals surface area contributed by atoms with Crippen molar-refractivity contribution < 1.29 is 22.3 Å². The summed E-state index contributed by atoms with van der Waals surface area (Å²) in [6.45, 7) is 0.00848. The highest BCUT2D eigenvalue weighted by molar-refractivity contribution is 9.10. The quantitative estimate of drug-likeness (QED) is 0.629. The Balaban J connectivity index is 2.19. The summed E-state index contributed by atoms with van der Waals surface area (Å²) in [5, 5.41) is 0. The van der Waals surface area contributed by atoms with E-state index in [0.717, 1.165) is 12.1 Å². The van der Waals surface area contributed by atoms with E-state index in [1.54, 1.807) is 18.2 Å². The Labute approximate surface area is 126 Å². The van der Waals surface area contributed by atoms with Gasteiger partial charge < -0.3 is 10.5 Å². The molecule has 2 aromatic carbocycles. The molecular weight excluding hydrogens is 354 g/mol. The first-order valence-corrected chi connectivity index (χ1v) is 6.60. The Morgan fingerprint density at radius 2 is 1.86 bits per heavy atom. The Bertz CT molecular complexity index is 658. The summed E-state index contributed by atoms with van der Waals surface area (Å²) in [6, 6.07) is 7.60. The average molecular weight is 364 g/mol. The van der Waals surface area contributed by atoms with Crippen LogP contribution >= 0.6 is 15.9 Å². The predicted octanol–water partition coefficient (Wildman–Crippen LogP) is 4.77. The van der Waals surface area contributed by atoms with Crippen molar-refractivity contribution in [1.82, 2.24) is 0 Å². The second-order valence-corrected chi connectivity index (χ2v) is 5.04. The second kappa shape index (κ2) is 5.93. The maximum absolute atomic E-state index is 13.1. The molecule has 0 saturated heterocycles. The average Bonchev–Trinajstić information content (AvgIpc) is 2.40. The van der Waals surface area contributed by atoms with Crippen LogP contribution in [0.15, 0.2) is 40.9 Å². The number of benzene rings is 2. The number of nitrogens with two attached hydrogens (primary N) is 1. The van der Waals surface area contributed by atoms with Gasteiger partial charge in [0.15, 0.2) is 0 Å². The number of rotatable bonds is 3. The Kier molecular flexibility index (Phi) is 4.41. The second-order valence-electron chi connectivity index (χ2n) is 4.25. The fourth-order valence-corrected chi connectivity index (χ4v) is 2.06. The molecule has 7 heteroatoms. The zero-order valence-corrected chi connectivity index (χ0v) is 12.1. The first-order chi connectivity index (χ1) is 9.79. The monoisotopic (exact) mass is 363 g/mol. The lowest BCUT2D eigenvalue weighted by Crippen LogP contribution is -2.08. The molecule has 0 fully saturated rings. The highest BCUT2D eigenvalue weighted by atomic mass is 79.9. The Morgan fingerprint density at radius 1 is 1.14 bits per heavy atom. The molecule has 0 aliphatic rings. The van der Waals surface area contributed by atoms with Gasteiger partial charge in [-0.1, -0.05) is 12.1 Å². The largest absolute Gasteiger partial charge is 0.489 e. The van der Waals surface area contributed by atoms with Crippen molar-refractivity contribution in [1.29, 1.82) is 0 Å². The van der Waals surface area contributed by atoms with E-state index in [4.69, 9.17) is 10.5 Å². The molecule has 2 rings (SSSR count). The first-order valence-electron chi connectivity index (χ1n) is 5.81. The van der Waals surface area contributed by atoms with Gasteiger partial charge in [0, 0.05) is 15.7 Å². The highest BCUT2D eigenvalue weighted by Gasteiger charge is 2.34. The van der Waals surface area contributed by atoms with Crippen LogP contribution in [-0.2, 0) is 12.8 Å². The zero-order valence-electron chi connectivity index (χ0n) is 10.5. The molecule has 0 radical (unpaired) electrons. The van der Waals surface area contributed by atoms with Crippen molar-refractivity contribution in [3.63, 3.8) is 0 Å². The van der Waals surface area contributed by atoms with Crippen LogP contribution in [0, 0.1) is 5.82 Å². The molecule has 0 saturated carbocycles. The van der Waals surface area contributed by atoms with E-state index < -0.39 is 17.6 Å². The topological polar surface area (TPSA) is 35.2 Å². The van der Waals surface area contributed by atoms with Gasteiger partial charge in [-0.15, -0.1) is 0 Å². The van der Waals surface area contributed by atoms with Crippen LogP contribution in [-0.4, -0.2) is 0 Å². The molecule has 0 atom stereocenters. The van der Waals surface area contributed by atoms with E-state index in [1.165, 1.54) is 0 Å². The van der Waals surface area contributed by atoms with E-state index in [1.807, 2.05) is 0 Å². The van der Waals surface area contributed by atoms with E-state index in [-0.39, 0.29) is 12.4 Å². The van der Waals surface area contributed by atoms with E-state index in [2.05, 4.69) is 15.9 Å². The molecular formula is C14H10BrF4NO. The summed E-state index contributed by atoms with van der Waals surface area (Å²) in [4.78, 5) is 0. The fraction of sp³-hybridized carbons (Fsp3) is 0.143. The molecule has 0 bridgehead atoms. The lowest BCUT2D eigenvalue weighted by Gasteiger charge is -2.12. The standard InChI is InChI=1S/C14H10BrF4NO/c15-13-8(2-1-3-12(13)20)7-21-9-4-5-11(16)10(6-9)14(17,18)19/h1-6H,7,20H2. The normalized spacial score (nSPS) is 11.5. The molecule has 0 aliphatic heterocycles. The smallest absolute Gasteiger partial charge is 0.419 e. The maximum atomic E-state index is 13.1. The summed E-state index contributed by atoms with van der Waals surface area (Å²) in [5.41, 5.74) is 5.50. The molecule has 2 nitrogen and oxygen atoms in total. The third-order valence-corrected chi connectivity index (χ3v) is 3.71. The van der Waals surface area contributed by atoms with Crippen molar-refractivity contribution in [2.45, 2.75) is 12.8 Å². The number of ether oxygens (including phenoxy) is 1. The number of hydrogen-bond donors (Lipinski definition) is 1. The predicted molar refractivity (Wildman–Crippen MR) is 74.3 cm³/mol. The Hall–Kier alpha value is -1.76. The SMILES string of the molecule is Nc1cccc(COc2ccc(F)c(C(F)(F)F)c2)c1Br. The van der Waals surface area contributed by atoms with Gasteiger partial charge in [-0.3, -0.25) is 0 Å². The molecule has 0 unspecified atom stereocenters. The first kappa shape index (κ1) is 15.6. The molecule has 112 valence electrons. The van der Waals surface area contributed by atoms with Gasteiger partial charge in [0.05, 0.1) is 5.56 Å². The van der Waals surface area contributed by atoms with Crippen molar-refractivity contribution in [3.8, 4) is 5.75 Å². The van der Waals surface area contributed by atoms with E-state index >= 15 is 0 Å². The number of halogens is 5. The van der Waals surface area contributed by atoms with Gasteiger partial charge in [0.1, 0.15) is 18.2 Å². The fourth-order valence-electron chi connectivity index (χ4n) is 1.68. The molecule has 0 amide bonds. The number of alkyl halides is 3. The van der Waals surface area contributed by atoms with E-state index in [9.17, 15) is 17.6 Å². The van der Waals surface area contributed by atoms with Crippen molar-refractivity contribution in [3.05, 3.63) is 57.8 Å². The summed E-state index contributed by atoms with van der Waals surface area (Å²) in [5.74, 6) is -1.40. The third-order valence-electron chi connectivity index (χ3n) is 2.75. The third kappa shape index (κ3) is 3.66. The van der Waals surface area contributed by atoms with Gasteiger partial charge in [-0.25, -0.2) is 4.39 Å². The number of anilines is 1. The molecule has 2 aromatic rings. The van der Waals surface area contributed by atoms with Crippen molar-refractivity contribution >= 4 is 21.6 Å². The van der Waals surface area contributed by atoms with Gasteiger partial charge in [0.2, 0.25) is 0 Å². The van der Waals surface area contributed by atoms with Crippen LogP contribution in [0.25, 0.3) is 0 Å². The van der Waals surface area contributed by atoms with Crippen LogP contribution in [0.1, 0.15) is 11.1 Å². The van der Waals surface area contributed by atoms with Gasteiger partial charge in [0.25, 0.3) is 0 Å². The minimum atomic E-state index is -4.76. The summed E-state index contributed by atoms with van der Waals surface area (Å²) < 4.78 is 56.8. The maximum Gasteiger partial charge on any atom is 0.419 e. The van der Waals surface area contributed by atoms with Crippen molar-refractivity contribution in [2.24, 2.45) is 0 Å². The van der Waals surface area contributed by atoms with Gasteiger partial charge >= 0.3 is 6.18 Å². The van der Waals surface area contributed by atoms with Crippen LogP contribution in [0.4, 0.5) is 23.2 Å². The van der Waals surface area contributed by atoms with Crippen molar-refractivity contribution in [2.75, 3.05) is 5.73 Å². The molecule has 0 heterocycles. The molecule has 2 N–H and O–H groups in total. The van der Waals surface area contributed by atoms with Crippen LogP contribution in [0.5, 0.6) is 5.75 Å². The summed E-state index contributed by atoms with van der Waals surface area (Å²) in [6.07, 6.45) is -4.76. The van der Waals surface area contributed by atoms with Gasteiger partial charge in [-0.05, 0) is 40.2 Å². The van der Waals surface area contributed by atoms with E-state index in [0.29, 0.717) is 21.8 Å². The lowest BCUT2D eigenvalue weighted by atomic mass is 10.2. The zero-order chi connectivity index (χ0) is 15.6. The summed E-state index contributed by atoms with van der Waals surface area (Å²) in [7, 11) is 0. The minimum absolute atomic E-state index is 0.00848.